The second-order valence-electron chi connectivity index (χ2n) is 5.71. The van der Waals surface area contributed by atoms with Gasteiger partial charge in [-0.3, -0.25) is 4.79 Å². The molecule has 0 heterocycles. The zero-order valence-electron chi connectivity index (χ0n) is 13.7. The highest BCUT2D eigenvalue weighted by Crippen LogP contribution is 2.19. The number of hydrogen-bond acceptors (Lipinski definition) is 3. The number of benzene rings is 3. The summed E-state index contributed by atoms with van der Waals surface area (Å²) in [5.41, 5.74) is 4.55. The van der Waals surface area contributed by atoms with Gasteiger partial charge in [-0.1, -0.05) is 66.7 Å². The summed E-state index contributed by atoms with van der Waals surface area (Å²) in [6.45, 7) is 0.177. The van der Waals surface area contributed by atoms with Crippen LogP contribution in [0.3, 0.4) is 0 Å². The third kappa shape index (κ3) is 4.55. The highest BCUT2D eigenvalue weighted by Gasteiger charge is 2.06. The quantitative estimate of drug-likeness (QED) is 0.648. The Morgan fingerprint density at radius 1 is 0.840 bits per heavy atom. The number of esters is 1. The maximum absolute atomic E-state index is 12.0. The summed E-state index contributed by atoms with van der Waals surface area (Å²) < 4.78 is 5.30. The standard InChI is InChI=1S/C22H17NO2/c23-15-18-5-4-6-19(13-18)16-25-22(24)14-17-9-11-21(12-10-17)20-7-2-1-3-8-20/h1-13H,14,16H2. The first-order valence-electron chi connectivity index (χ1n) is 8.03. The minimum atomic E-state index is -0.283. The van der Waals surface area contributed by atoms with Gasteiger partial charge in [-0.25, -0.2) is 0 Å². The van der Waals surface area contributed by atoms with E-state index >= 15 is 0 Å². The molecular formula is C22H17NO2. The Labute approximate surface area is 147 Å². The van der Waals surface area contributed by atoms with Crippen molar-refractivity contribution in [3.63, 3.8) is 0 Å². The molecule has 3 rings (SSSR count). The Morgan fingerprint density at radius 2 is 1.56 bits per heavy atom. The zero-order chi connectivity index (χ0) is 17.5. The molecule has 122 valence electrons. The van der Waals surface area contributed by atoms with Gasteiger partial charge in [0.25, 0.3) is 0 Å². The Hall–Kier alpha value is -3.38. The summed E-state index contributed by atoms with van der Waals surface area (Å²) in [6.07, 6.45) is 0.229. The van der Waals surface area contributed by atoms with Gasteiger partial charge in [0.05, 0.1) is 18.1 Å². The average molecular weight is 327 g/mol. The first-order chi connectivity index (χ1) is 12.2. The van der Waals surface area contributed by atoms with Crippen molar-refractivity contribution in [2.24, 2.45) is 0 Å². The molecule has 3 aromatic rings. The lowest BCUT2D eigenvalue weighted by molar-refractivity contribution is -0.144. The highest BCUT2D eigenvalue weighted by molar-refractivity contribution is 5.73. The van der Waals surface area contributed by atoms with Crippen molar-refractivity contribution in [2.75, 3.05) is 0 Å². The van der Waals surface area contributed by atoms with E-state index in [1.54, 1.807) is 18.2 Å². The Morgan fingerprint density at radius 3 is 2.28 bits per heavy atom. The van der Waals surface area contributed by atoms with Gasteiger partial charge in [0.15, 0.2) is 0 Å². The molecule has 0 radical (unpaired) electrons. The van der Waals surface area contributed by atoms with E-state index in [1.165, 1.54) is 0 Å². The van der Waals surface area contributed by atoms with Crippen LogP contribution in [0.2, 0.25) is 0 Å². The van der Waals surface area contributed by atoms with Crippen LogP contribution in [0.25, 0.3) is 11.1 Å². The molecule has 25 heavy (non-hydrogen) atoms. The summed E-state index contributed by atoms with van der Waals surface area (Å²) in [6, 6.07) is 27.1. The van der Waals surface area contributed by atoms with Crippen LogP contribution in [0.5, 0.6) is 0 Å². The highest BCUT2D eigenvalue weighted by atomic mass is 16.5. The second-order valence-corrected chi connectivity index (χ2v) is 5.71. The molecule has 0 atom stereocenters. The third-order valence-electron chi connectivity index (χ3n) is 3.87. The molecule has 0 amide bonds. The molecule has 0 fully saturated rings. The smallest absolute Gasteiger partial charge is 0.310 e. The van der Waals surface area contributed by atoms with E-state index in [2.05, 4.69) is 18.2 Å². The molecular weight excluding hydrogens is 310 g/mol. The van der Waals surface area contributed by atoms with Gasteiger partial charge < -0.3 is 4.74 Å². The van der Waals surface area contributed by atoms with E-state index in [0.717, 1.165) is 22.3 Å². The summed E-state index contributed by atoms with van der Waals surface area (Å²) in [5, 5.41) is 8.88. The van der Waals surface area contributed by atoms with Crippen LogP contribution in [0.1, 0.15) is 16.7 Å². The van der Waals surface area contributed by atoms with Crippen molar-refractivity contribution < 1.29 is 9.53 Å². The number of rotatable bonds is 5. The van der Waals surface area contributed by atoms with Gasteiger partial charge in [0.2, 0.25) is 0 Å². The minimum absolute atomic E-state index is 0.177. The molecule has 0 saturated carbocycles. The van der Waals surface area contributed by atoms with Gasteiger partial charge in [-0.2, -0.15) is 5.26 Å². The number of nitriles is 1. The van der Waals surface area contributed by atoms with E-state index in [-0.39, 0.29) is 19.0 Å². The number of ether oxygens (including phenoxy) is 1. The molecule has 0 spiro atoms. The van der Waals surface area contributed by atoms with E-state index in [4.69, 9.17) is 10.00 Å². The first-order valence-corrected chi connectivity index (χ1v) is 8.03. The van der Waals surface area contributed by atoms with Crippen molar-refractivity contribution >= 4 is 5.97 Å². The van der Waals surface area contributed by atoms with Crippen LogP contribution in [-0.4, -0.2) is 5.97 Å². The number of hydrogen-bond donors (Lipinski definition) is 0. The van der Waals surface area contributed by atoms with Crippen molar-refractivity contribution in [2.45, 2.75) is 13.0 Å². The molecule has 0 aliphatic rings. The molecule has 0 aromatic heterocycles. The maximum atomic E-state index is 12.0. The monoisotopic (exact) mass is 327 g/mol. The van der Waals surface area contributed by atoms with Crippen molar-refractivity contribution in [3.8, 4) is 17.2 Å². The van der Waals surface area contributed by atoms with Crippen molar-refractivity contribution in [1.82, 2.24) is 0 Å². The number of nitrogens with zero attached hydrogens (tertiary/aromatic N) is 1. The van der Waals surface area contributed by atoms with Gasteiger partial charge in [0.1, 0.15) is 6.61 Å². The Balaban J connectivity index is 1.57. The second kappa shape index (κ2) is 7.94. The Bertz CT molecular complexity index is 893. The average Bonchev–Trinajstić information content (AvgIpc) is 2.68. The normalized spacial score (nSPS) is 10.0. The van der Waals surface area contributed by atoms with Gasteiger partial charge in [-0.15, -0.1) is 0 Å². The van der Waals surface area contributed by atoms with Crippen LogP contribution in [-0.2, 0) is 22.6 Å². The first kappa shape index (κ1) is 16.5. The maximum Gasteiger partial charge on any atom is 0.310 e. The van der Waals surface area contributed by atoms with Gasteiger partial charge in [0, 0.05) is 0 Å². The SMILES string of the molecule is N#Cc1cccc(COC(=O)Cc2ccc(-c3ccccc3)cc2)c1. The molecule has 3 heteroatoms. The fourth-order valence-electron chi connectivity index (χ4n) is 2.56. The van der Waals surface area contributed by atoms with Crippen molar-refractivity contribution in [3.05, 3.63) is 95.6 Å². The van der Waals surface area contributed by atoms with Crippen LogP contribution in [0.4, 0.5) is 0 Å². The summed E-state index contributed by atoms with van der Waals surface area (Å²) in [7, 11) is 0. The van der Waals surface area contributed by atoms with Crippen LogP contribution < -0.4 is 0 Å². The summed E-state index contributed by atoms with van der Waals surface area (Å²) in [4.78, 5) is 12.0. The lowest BCUT2D eigenvalue weighted by Gasteiger charge is -2.07. The molecule has 0 N–H and O–H groups in total. The predicted octanol–water partition coefficient (Wildman–Crippen LogP) is 4.51. The van der Waals surface area contributed by atoms with Crippen molar-refractivity contribution in [1.29, 1.82) is 5.26 Å². The van der Waals surface area contributed by atoms with Gasteiger partial charge in [-0.05, 0) is 34.4 Å². The van der Waals surface area contributed by atoms with Crippen LogP contribution in [0, 0.1) is 11.3 Å². The van der Waals surface area contributed by atoms with Crippen LogP contribution >= 0.6 is 0 Å². The fourth-order valence-corrected chi connectivity index (χ4v) is 2.56. The molecule has 0 unspecified atom stereocenters. The zero-order valence-corrected chi connectivity index (χ0v) is 13.7. The Kier molecular flexibility index (Phi) is 5.23. The summed E-state index contributed by atoms with van der Waals surface area (Å²) >= 11 is 0. The van der Waals surface area contributed by atoms with Gasteiger partial charge >= 0.3 is 5.97 Å². The largest absolute Gasteiger partial charge is 0.461 e. The number of carbonyl (C=O) groups is 1. The molecule has 0 aliphatic heterocycles. The fraction of sp³-hybridized carbons (Fsp3) is 0.0909. The topological polar surface area (TPSA) is 50.1 Å². The number of carbonyl (C=O) groups excluding carboxylic acids is 1. The molecule has 3 aromatic carbocycles. The lowest BCUT2D eigenvalue weighted by Crippen LogP contribution is -2.08. The van der Waals surface area contributed by atoms with E-state index in [9.17, 15) is 4.79 Å². The minimum Gasteiger partial charge on any atom is -0.461 e. The van der Waals surface area contributed by atoms with E-state index in [0.29, 0.717) is 5.56 Å². The van der Waals surface area contributed by atoms with Crippen LogP contribution in [0.15, 0.2) is 78.9 Å². The molecule has 0 bridgehead atoms. The van der Waals surface area contributed by atoms with E-state index < -0.39 is 0 Å². The lowest BCUT2D eigenvalue weighted by atomic mass is 10.0. The molecule has 0 saturated heterocycles. The molecule has 0 aliphatic carbocycles. The van der Waals surface area contributed by atoms with E-state index in [1.807, 2.05) is 48.5 Å². The summed E-state index contributed by atoms with van der Waals surface area (Å²) in [5.74, 6) is -0.283. The third-order valence-corrected chi connectivity index (χ3v) is 3.87. The predicted molar refractivity (Wildman–Crippen MR) is 96.5 cm³/mol. The molecule has 3 nitrogen and oxygen atoms in total.